The van der Waals surface area contributed by atoms with Gasteiger partial charge in [0.25, 0.3) is 0 Å². The van der Waals surface area contributed by atoms with E-state index in [1.807, 2.05) is 0 Å². The summed E-state index contributed by atoms with van der Waals surface area (Å²) in [7, 11) is 0. The number of nitriles is 1. The summed E-state index contributed by atoms with van der Waals surface area (Å²) in [6, 6.07) is 3.04. The van der Waals surface area contributed by atoms with Crippen molar-refractivity contribution in [1.82, 2.24) is 10.6 Å². The Bertz CT molecular complexity index is 655. The van der Waals surface area contributed by atoms with Crippen molar-refractivity contribution in [2.75, 3.05) is 6.54 Å². The Morgan fingerprint density at radius 2 is 2.25 bits per heavy atom. The highest BCUT2D eigenvalue weighted by molar-refractivity contribution is 5.37. The zero-order chi connectivity index (χ0) is 17.0. The predicted octanol–water partition coefficient (Wildman–Crippen LogP) is 3.76. The average molecular weight is 321 g/mol. The Morgan fingerprint density at radius 3 is 2.96 bits per heavy atom. The van der Waals surface area contributed by atoms with Crippen molar-refractivity contribution in [3.8, 4) is 6.07 Å². The quantitative estimate of drug-likeness (QED) is 0.599. The van der Waals surface area contributed by atoms with Crippen LogP contribution in [0.3, 0.4) is 0 Å². The van der Waals surface area contributed by atoms with E-state index in [9.17, 15) is 0 Å². The zero-order valence-electron chi connectivity index (χ0n) is 14.6. The van der Waals surface area contributed by atoms with E-state index in [0.29, 0.717) is 24.4 Å². The molecule has 0 radical (unpaired) electrons. The van der Waals surface area contributed by atoms with Crippen LogP contribution < -0.4 is 10.6 Å². The second-order valence-electron chi connectivity index (χ2n) is 7.34. The number of nitrogens with one attached hydrogen (secondary N) is 2. The van der Waals surface area contributed by atoms with Crippen LogP contribution in [0, 0.1) is 22.7 Å². The third kappa shape index (κ3) is 3.55. The van der Waals surface area contributed by atoms with Crippen LogP contribution in [0.25, 0.3) is 0 Å². The molecule has 1 heterocycles. The second-order valence-corrected chi connectivity index (χ2v) is 7.34. The van der Waals surface area contributed by atoms with Gasteiger partial charge in [-0.1, -0.05) is 56.4 Å². The first-order valence-electron chi connectivity index (χ1n) is 8.92. The van der Waals surface area contributed by atoms with Crippen molar-refractivity contribution < 1.29 is 0 Å². The van der Waals surface area contributed by atoms with Gasteiger partial charge in [-0.15, -0.1) is 0 Å². The summed E-state index contributed by atoms with van der Waals surface area (Å²) >= 11 is 0. The number of hydrogen-bond acceptors (Lipinski definition) is 3. The topological polar surface area (TPSA) is 47.8 Å². The molecular weight excluding hydrogens is 294 g/mol. The Morgan fingerprint density at radius 1 is 1.38 bits per heavy atom. The summed E-state index contributed by atoms with van der Waals surface area (Å²) in [6.07, 6.45) is 20.7. The molecule has 0 spiro atoms. The first kappa shape index (κ1) is 16.8. The van der Waals surface area contributed by atoms with Crippen LogP contribution in [0.4, 0.5) is 0 Å². The van der Waals surface area contributed by atoms with Gasteiger partial charge in [0.15, 0.2) is 0 Å². The molecule has 0 aromatic carbocycles. The lowest BCUT2D eigenvalue weighted by molar-refractivity contribution is 0.415. The van der Waals surface area contributed by atoms with E-state index in [0.717, 1.165) is 25.1 Å². The standard InChI is InChI=1S/C21H27N3/c1-21(2)18-6-3-4-7-19(18)24-20(21)13-10-16-8-11-17(12-9-16)23-15-5-14-22/h3-4,6,8,10-13,16,19-20,23-24H,5,7,9,15H2,1-2H3/b13-10+. The highest BCUT2D eigenvalue weighted by Gasteiger charge is 2.42. The van der Waals surface area contributed by atoms with Gasteiger partial charge in [0.2, 0.25) is 0 Å². The highest BCUT2D eigenvalue weighted by Crippen LogP contribution is 2.42. The third-order valence-corrected chi connectivity index (χ3v) is 5.31. The maximum atomic E-state index is 8.58. The van der Waals surface area contributed by atoms with E-state index in [-0.39, 0.29) is 5.41 Å². The molecule has 1 aliphatic heterocycles. The lowest BCUT2D eigenvalue weighted by Crippen LogP contribution is -2.32. The van der Waals surface area contributed by atoms with Crippen LogP contribution in [-0.4, -0.2) is 18.6 Å². The molecule has 0 bridgehead atoms. The van der Waals surface area contributed by atoms with Crippen LogP contribution in [0.5, 0.6) is 0 Å². The fourth-order valence-electron chi connectivity index (χ4n) is 3.78. The van der Waals surface area contributed by atoms with Crippen LogP contribution in [0.2, 0.25) is 0 Å². The van der Waals surface area contributed by atoms with Crippen molar-refractivity contribution in [2.24, 2.45) is 11.3 Å². The van der Waals surface area contributed by atoms with E-state index in [1.165, 1.54) is 5.57 Å². The molecule has 3 nitrogen and oxygen atoms in total. The summed E-state index contributed by atoms with van der Waals surface area (Å²) in [6.45, 7) is 5.40. The van der Waals surface area contributed by atoms with Crippen LogP contribution in [-0.2, 0) is 0 Å². The molecule has 2 N–H and O–H groups in total. The number of rotatable bonds is 5. The smallest absolute Gasteiger partial charge is 0.0640 e. The van der Waals surface area contributed by atoms with Gasteiger partial charge in [-0.25, -0.2) is 0 Å². The van der Waals surface area contributed by atoms with Gasteiger partial charge in [0.1, 0.15) is 0 Å². The van der Waals surface area contributed by atoms with Crippen molar-refractivity contribution >= 4 is 0 Å². The lowest BCUT2D eigenvalue weighted by atomic mass is 9.77. The Hall–Kier alpha value is -2.05. The van der Waals surface area contributed by atoms with Crippen molar-refractivity contribution in [1.29, 1.82) is 5.26 Å². The van der Waals surface area contributed by atoms with E-state index < -0.39 is 0 Å². The maximum absolute atomic E-state index is 8.58. The van der Waals surface area contributed by atoms with E-state index >= 15 is 0 Å². The Kier molecular flexibility index (Phi) is 5.06. The highest BCUT2D eigenvalue weighted by atomic mass is 15.0. The lowest BCUT2D eigenvalue weighted by Gasteiger charge is -2.26. The van der Waals surface area contributed by atoms with E-state index in [1.54, 1.807) is 0 Å². The molecule has 24 heavy (non-hydrogen) atoms. The van der Waals surface area contributed by atoms with Crippen LogP contribution >= 0.6 is 0 Å². The van der Waals surface area contributed by atoms with Crippen molar-refractivity contribution in [3.63, 3.8) is 0 Å². The van der Waals surface area contributed by atoms with E-state index in [4.69, 9.17) is 5.26 Å². The average Bonchev–Trinajstić information content (AvgIpc) is 2.85. The number of hydrogen-bond donors (Lipinski definition) is 2. The largest absolute Gasteiger partial charge is 0.384 e. The zero-order valence-corrected chi connectivity index (χ0v) is 14.6. The van der Waals surface area contributed by atoms with Gasteiger partial charge in [0.05, 0.1) is 12.5 Å². The SMILES string of the molecule is CC1(C)C2=CC=CCC2NC1/C=C/C1C=CC(NCCC#N)=CC1. The summed E-state index contributed by atoms with van der Waals surface area (Å²) < 4.78 is 0. The van der Waals surface area contributed by atoms with Crippen LogP contribution in [0.15, 0.2) is 59.9 Å². The summed E-state index contributed by atoms with van der Waals surface area (Å²) in [5, 5.41) is 15.6. The van der Waals surface area contributed by atoms with Gasteiger partial charge in [-0.3, -0.25) is 0 Å². The van der Waals surface area contributed by atoms with Gasteiger partial charge in [-0.05, 0) is 30.4 Å². The summed E-state index contributed by atoms with van der Waals surface area (Å²) in [5.74, 6) is 0.457. The molecule has 1 saturated heterocycles. The molecule has 2 aliphatic carbocycles. The fourth-order valence-corrected chi connectivity index (χ4v) is 3.78. The number of allylic oxidation sites excluding steroid dienone is 6. The monoisotopic (exact) mass is 321 g/mol. The molecule has 3 rings (SSSR count). The summed E-state index contributed by atoms with van der Waals surface area (Å²) in [5.41, 5.74) is 2.84. The first-order valence-corrected chi connectivity index (χ1v) is 8.92. The molecule has 0 amide bonds. The van der Waals surface area contributed by atoms with Gasteiger partial charge in [0, 0.05) is 29.7 Å². The Labute approximate surface area is 145 Å². The van der Waals surface area contributed by atoms with Crippen LogP contribution in [0.1, 0.15) is 33.1 Å². The number of nitrogens with zero attached hydrogens (tertiary/aromatic N) is 1. The molecule has 126 valence electrons. The minimum absolute atomic E-state index is 0.171. The maximum Gasteiger partial charge on any atom is 0.0640 e. The van der Waals surface area contributed by atoms with Crippen molar-refractivity contribution in [3.05, 3.63) is 59.9 Å². The predicted molar refractivity (Wildman–Crippen MR) is 99.0 cm³/mol. The molecule has 3 unspecified atom stereocenters. The first-order chi connectivity index (χ1) is 11.6. The normalized spacial score (nSPS) is 30.6. The molecule has 3 aliphatic rings. The molecule has 3 atom stereocenters. The van der Waals surface area contributed by atoms with E-state index in [2.05, 4.69) is 79.2 Å². The minimum Gasteiger partial charge on any atom is -0.384 e. The molecule has 1 fully saturated rings. The van der Waals surface area contributed by atoms with Crippen molar-refractivity contribution in [2.45, 2.75) is 45.2 Å². The minimum atomic E-state index is 0.171. The molecule has 0 aromatic heterocycles. The molecular formula is C21H27N3. The fraction of sp³-hybridized carbons (Fsp3) is 0.476. The third-order valence-electron chi connectivity index (χ3n) is 5.31. The van der Waals surface area contributed by atoms with Gasteiger partial charge in [-0.2, -0.15) is 5.26 Å². The number of fused-ring (bicyclic) bond motifs is 1. The second kappa shape index (κ2) is 7.23. The Balaban J connectivity index is 1.56. The molecule has 0 saturated carbocycles. The molecule has 3 heteroatoms. The van der Waals surface area contributed by atoms with Gasteiger partial charge < -0.3 is 10.6 Å². The van der Waals surface area contributed by atoms with Gasteiger partial charge >= 0.3 is 0 Å². The molecule has 0 aromatic rings. The summed E-state index contributed by atoms with van der Waals surface area (Å²) in [4.78, 5) is 0.